The van der Waals surface area contributed by atoms with Gasteiger partial charge in [0, 0.05) is 22.6 Å². The molecule has 0 saturated heterocycles. The van der Waals surface area contributed by atoms with E-state index in [9.17, 15) is 14.7 Å². The Morgan fingerprint density at radius 3 is 2.37 bits per heavy atom. The number of carbonyl (C=O) groups is 2. The molecule has 1 aromatic carbocycles. The van der Waals surface area contributed by atoms with Crippen molar-refractivity contribution < 1.29 is 14.7 Å². The van der Waals surface area contributed by atoms with E-state index in [4.69, 9.17) is 0 Å². The molecule has 0 fully saturated rings. The van der Waals surface area contributed by atoms with Crippen molar-refractivity contribution in [3.05, 3.63) is 52.3 Å². The van der Waals surface area contributed by atoms with Crippen LogP contribution in [0, 0.1) is 20.8 Å². The molecule has 1 heterocycles. The third kappa shape index (κ3) is 2.17. The van der Waals surface area contributed by atoms with Crippen molar-refractivity contribution >= 4 is 12.3 Å². The Morgan fingerprint density at radius 2 is 1.89 bits per heavy atom. The minimum atomic E-state index is -1.19. The lowest BCUT2D eigenvalue weighted by Gasteiger charge is -2.14. The molecule has 0 spiro atoms. The Morgan fingerprint density at radius 1 is 1.21 bits per heavy atom. The highest BCUT2D eigenvalue weighted by atomic mass is 16.4. The van der Waals surface area contributed by atoms with Gasteiger partial charge in [0.1, 0.15) is 0 Å². The Hall–Kier alpha value is -2.36. The lowest BCUT2D eigenvalue weighted by molar-refractivity contribution is -0.255. The molecule has 4 heteroatoms. The molecule has 0 aliphatic carbocycles. The van der Waals surface area contributed by atoms with E-state index in [-0.39, 0.29) is 5.56 Å². The lowest BCUT2D eigenvalue weighted by atomic mass is 10.1. The van der Waals surface area contributed by atoms with Crippen LogP contribution in [0.4, 0.5) is 0 Å². The second-order valence-electron chi connectivity index (χ2n) is 4.57. The van der Waals surface area contributed by atoms with Crippen LogP contribution < -0.4 is 5.11 Å². The largest absolute Gasteiger partial charge is 0.545 e. The van der Waals surface area contributed by atoms with Crippen LogP contribution in [0.5, 0.6) is 0 Å². The summed E-state index contributed by atoms with van der Waals surface area (Å²) in [4.78, 5) is 21.8. The van der Waals surface area contributed by atoms with E-state index < -0.39 is 5.97 Å². The molecule has 4 nitrogen and oxygen atoms in total. The highest BCUT2D eigenvalue weighted by molar-refractivity contribution is 5.86. The van der Waals surface area contributed by atoms with Gasteiger partial charge >= 0.3 is 0 Å². The minimum Gasteiger partial charge on any atom is -0.545 e. The molecule has 0 atom stereocenters. The molecule has 0 radical (unpaired) electrons. The summed E-state index contributed by atoms with van der Waals surface area (Å²) in [7, 11) is 0. The topological polar surface area (TPSA) is 62.1 Å². The van der Waals surface area contributed by atoms with Gasteiger partial charge in [0.2, 0.25) is 0 Å². The summed E-state index contributed by atoms with van der Waals surface area (Å²) in [5.41, 5.74) is 4.26. The Kier molecular flexibility index (Phi) is 3.25. The lowest BCUT2D eigenvalue weighted by Crippen LogP contribution is -2.22. The number of rotatable bonds is 3. The van der Waals surface area contributed by atoms with Gasteiger partial charge in [-0.1, -0.05) is 6.07 Å². The molecule has 0 saturated carbocycles. The van der Waals surface area contributed by atoms with Gasteiger partial charge in [0.05, 0.1) is 5.97 Å². The van der Waals surface area contributed by atoms with Crippen molar-refractivity contribution in [2.45, 2.75) is 20.8 Å². The summed E-state index contributed by atoms with van der Waals surface area (Å²) in [5.74, 6) is -1.19. The summed E-state index contributed by atoms with van der Waals surface area (Å²) in [6.07, 6.45) is 0.823. The fourth-order valence-corrected chi connectivity index (χ4v) is 2.31. The number of aldehydes is 1. The third-order valence-electron chi connectivity index (χ3n) is 3.27. The summed E-state index contributed by atoms with van der Waals surface area (Å²) < 4.78 is 1.94. The van der Waals surface area contributed by atoms with Crippen LogP contribution in [-0.2, 0) is 0 Å². The average molecular weight is 256 g/mol. The molecule has 2 rings (SSSR count). The maximum atomic E-state index is 11.0. The number of carbonyl (C=O) groups excluding carboxylic acids is 2. The van der Waals surface area contributed by atoms with E-state index in [0.717, 1.165) is 28.9 Å². The predicted octanol–water partition coefficient (Wildman–Crippen LogP) is 1.58. The Balaban J connectivity index is 2.63. The molecule has 0 aliphatic heterocycles. The normalized spacial score (nSPS) is 10.5. The van der Waals surface area contributed by atoms with E-state index in [0.29, 0.717) is 5.56 Å². The number of aryl methyl sites for hydroxylation is 2. The van der Waals surface area contributed by atoms with E-state index in [1.807, 2.05) is 31.4 Å². The van der Waals surface area contributed by atoms with Gasteiger partial charge in [-0.05, 0) is 50.1 Å². The summed E-state index contributed by atoms with van der Waals surface area (Å²) in [6, 6.07) is 6.63. The van der Waals surface area contributed by atoms with Crippen LogP contribution in [0.25, 0.3) is 5.69 Å². The van der Waals surface area contributed by atoms with Gasteiger partial charge in [-0.15, -0.1) is 0 Å². The van der Waals surface area contributed by atoms with Crippen molar-refractivity contribution in [2.24, 2.45) is 0 Å². The van der Waals surface area contributed by atoms with E-state index >= 15 is 0 Å². The molecule has 0 bridgehead atoms. The number of hydrogen-bond acceptors (Lipinski definition) is 3. The number of carboxylic acids is 1. The average Bonchev–Trinajstić information content (AvgIpc) is 2.64. The second-order valence-corrected chi connectivity index (χ2v) is 4.57. The molecule has 0 N–H and O–H groups in total. The number of aromatic nitrogens is 1. The smallest absolute Gasteiger partial charge is 0.151 e. The van der Waals surface area contributed by atoms with E-state index in [2.05, 4.69) is 0 Å². The highest BCUT2D eigenvalue weighted by Crippen LogP contribution is 2.23. The predicted molar refractivity (Wildman–Crippen MR) is 69.7 cm³/mol. The maximum Gasteiger partial charge on any atom is 0.151 e. The number of nitrogens with zero attached hydrogens (tertiary/aromatic N) is 1. The van der Waals surface area contributed by atoms with Crippen LogP contribution in [0.3, 0.4) is 0 Å². The molecule has 2 aromatic rings. The van der Waals surface area contributed by atoms with Crippen LogP contribution in [0.1, 0.15) is 37.7 Å². The maximum absolute atomic E-state index is 11.0. The van der Waals surface area contributed by atoms with Gasteiger partial charge in [-0.2, -0.15) is 0 Å². The van der Waals surface area contributed by atoms with Gasteiger partial charge in [-0.25, -0.2) is 0 Å². The number of carboxylic acid groups (broad SMARTS) is 1. The molecule has 1 aromatic heterocycles. The van der Waals surface area contributed by atoms with Crippen LogP contribution >= 0.6 is 0 Å². The van der Waals surface area contributed by atoms with Gasteiger partial charge in [0.25, 0.3) is 0 Å². The molecule has 0 amide bonds. The van der Waals surface area contributed by atoms with Crippen molar-refractivity contribution in [1.82, 2.24) is 4.57 Å². The van der Waals surface area contributed by atoms with Gasteiger partial charge in [-0.3, -0.25) is 4.79 Å². The highest BCUT2D eigenvalue weighted by Gasteiger charge is 2.12. The Labute approximate surface area is 111 Å². The SMILES string of the molecule is Cc1cc(C(=O)[O-])ccc1-n1c(C)cc(C=O)c1C. The first-order chi connectivity index (χ1) is 8.95. The second kappa shape index (κ2) is 4.72. The van der Waals surface area contributed by atoms with E-state index in [1.54, 1.807) is 12.1 Å². The number of aromatic carboxylic acids is 1. The molecule has 19 heavy (non-hydrogen) atoms. The Bertz CT molecular complexity index is 668. The van der Waals surface area contributed by atoms with Crippen LogP contribution in [0.2, 0.25) is 0 Å². The monoisotopic (exact) mass is 256 g/mol. The van der Waals surface area contributed by atoms with Gasteiger partial charge in [0.15, 0.2) is 6.29 Å². The quantitative estimate of drug-likeness (QED) is 0.783. The molecule has 0 unspecified atom stereocenters. The van der Waals surface area contributed by atoms with Crippen LogP contribution in [0.15, 0.2) is 24.3 Å². The summed E-state index contributed by atoms with van der Waals surface area (Å²) in [6.45, 7) is 5.61. The molecular formula is C15H14NO3-. The summed E-state index contributed by atoms with van der Waals surface area (Å²) in [5, 5.41) is 10.8. The van der Waals surface area contributed by atoms with Crippen LogP contribution in [-0.4, -0.2) is 16.8 Å². The first kappa shape index (κ1) is 13.1. The fraction of sp³-hybridized carbons (Fsp3) is 0.200. The number of hydrogen-bond donors (Lipinski definition) is 0. The first-order valence-corrected chi connectivity index (χ1v) is 5.92. The fourth-order valence-electron chi connectivity index (χ4n) is 2.31. The van der Waals surface area contributed by atoms with Crippen molar-refractivity contribution in [2.75, 3.05) is 0 Å². The van der Waals surface area contributed by atoms with Crippen molar-refractivity contribution in [3.8, 4) is 5.69 Å². The van der Waals surface area contributed by atoms with Crippen molar-refractivity contribution in [3.63, 3.8) is 0 Å². The zero-order valence-electron chi connectivity index (χ0n) is 11.1. The molecule has 98 valence electrons. The molecule has 0 aliphatic rings. The van der Waals surface area contributed by atoms with Gasteiger partial charge < -0.3 is 14.5 Å². The molecular weight excluding hydrogens is 242 g/mol. The third-order valence-corrected chi connectivity index (χ3v) is 3.27. The zero-order valence-corrected chi connectivity index (χ0v) is 11.1. The van der Waals surface area contributed by atoms with E-state index in [1.165, 1.54) is 6.07 Å². The zero-order chi connectivity index (χ0) is 14.2. The van der Waals surface area contributed by atoms with Crippen molar-refractivity contribution in [1.29, 1.82) is 0 Å². The standard InChI is InChI=1S/C15H15NO3/c1-9-6-12(15(18)19)4-5-14(9)16-10(2)7-13(8-17)11(16)3/h4-8H,1-3H3,(H,18,19)/p-1. The first-order valence-electron chi connectivity index (χ1n) is 5.92. The number of benzene rings is 1. The summed E-state index contributed by atoms with van der Waals surface area (Å²) >= 11 is 0. The minimum absolute atomic E-state index is 0.152.